The van der Waals surface area contributed by atoms with Crippen molar-refractivity contribution in [2.75, 3.05) is 13.2 Å². The van der Waals surface area contributed by atoms with Gasteiger partial charge in [0.15, 0.2) is 0 Å². The molecule has 0 aliphatic heterocycles. The van der Waals surface area contributed by atoms with E-state index < -0.39 is 23.3 Å². The molecule has 0 bridgehead atoms. The molecule has 0 radical (unpaired) electrons. The van der Waals surface area contributed by atoms with Crippen molar-refractivity contribution in [3.05, 3.63) is 23.5 Å². The Hall–Kier alpha value is -1.50. The molecule has 4 nitrogen and oxygen atoms in total. The molecule has 0 amide bonds. The van der Waals surface area contributed by atoms with Crippen LogP contribution in [0.1, 0.15) is 36.2 Å². The van der Waals surface area contributed by atoms with Gasteiger partial charge in [-0.05, 0) is 12.3 Å². The number of hydrogen-bond donors (Lipinski definition) is 1. The number of carboxylic acid groups (broad SMARTS) is 1. The molecule has 1 rings (SSSR count). The van der Waals surface area contributed by atoms with Crippen LogP contribution in [-0.2, 0) is 17.5 Å². The van der Waals surface area contributed by atoms with Gasteiger partial charge in [0.1, 0.15) is 0 Å². The summed E-state index contributed by atoms with van der Waals surface area (Å²) in [4.78, 5) is 10.8. The number of aromatic nitrogens is 1. The zero-order valence-electron chi connectivity index (χ0n) is 11.4. The molecule has 0 unspecified atom stereocenters. The summed E-state index contributed by atoms with van der Waals surface area (Å²) in [5, 5.41) is 8.77. The number of carbonyl (C=O) groups is 1. The second-order valence-electron chi connectivity index (χ2n) is 4.92. The van der Waals surface area contributed by atoms with Crippen molar-refractivity contribution in [1.29, 1.82) is 0 Å². The first kappa shape index (κ1) is 16.6. The molecule has 0 atom stereocenters. The lowest BCUT2D eigenvalue weighted by atomic mass is 10.1. The summed E-state index contributed by atoms with van der Waals surface area (Å²) in [6, 6.07) is 0. The first-order valence-corrected chi connectivity index (χ1v) is 6.29. The van der Waals surface area contributed by atoms with Crippen LogP contribution in [0.15, 0.2) is 12.4 Å². The van der Waals surface area contributed by atoms with Crippen LogP contribution in [0.2, 0.25) is 0 Å². The van der Waals surface area contributed by atoms with E-state index in [0.717, 1.165) is 18.8 Å². The first-order chi connectivity index (χ1) is 9.21. The molecule has 0 aliphatic rings. The molecule has 7 heteroatoms. The molecule has 1 N–H and O–H groups in total. The molecule has 0 spiro atoms. The average Bonchev–Trinajstić information content (AvgIpc) is 2.72. The van der Waals surface area contributed by atoms with Gasteiger partial charge in [0.2, 0.25) is 0 Å². The van der Waals surface area contributed by atoms with Gasteiger partial charge in [0, 0.05) is 25.5 Å². The van der Waals surface area contributed by atoms with Crippen LogP contribution in [-0.4, -0.2) is 28.9 Å². The van der Waals surface area contributed by atoms with Gasteiger partial charge in [0.05, 0.1) is 17.7 Å². The number of alkyl halides is 3. The van der Waals surface area contributed by atoms with E-state index in [-0.39, 0.29) is 13.2 Å². The molecule has 1 aromatic heterocycles. The Morgan fingerprint density at radius 1 is 1.35 bits per heavy atom. The standard InChI is InChI=1S/C13H18F3NO3/c1-9(2)3-5-20-6-4-17-7-10(12(18)19)11(8-17)13(14,15)16/h7-9H,3-6H2,1-2H3,(H,18,19). The van der Waals surface area contributed by atoms with Crippen LogP contribution in [0.4, 0.5) is 13.2 Å². The minimum Gasteiger partial charge on any atom is -0.478 e. The summed E-state index contributed by atoms with van der Waals surface area (Å²) in [5.74, 6) is -1.09. The maximum atomic E-state index is 12.6. The number of rotatable bonds is 7. The third-order valence-corrected chi connectivity index (χ3v) is 2.75. The van der Waals surface area contributed by atoms with E-state index in [1.807, 2.05) is 13.8 Å². The number of carboxylic acids is 1. The van der Waals surface area contributed by atoms with E-state index >= 15 is 0 Å². The van der Waals surface area contributed by atoms with Gasteiger partial charge >= 0.3 is 12.1 Å². The predicted octanol–water partition coefficient (Wildman–Crippen LogP) is 3.27. The monoisotopic (exact) mass is 293 g/mol. The molecule has 1 aromatic rings. The van der Waals surface area contributed by atoms with E-state index in [1.165, 1.54) is 4.57 Å². The fourth-order valence-electron chi connectivity index (χ4n) is 1.62. The highest BCUT2D eigenvalue weighted by Crippen LogP contribution is 2.32. The fourth-order valence-corrected chi connectivity index (χ4v) is 1.62. The van der Waals surface area contributed by atoms with Gasteiger partial charge in [-0.3, -0.25) is 0 Å². The molecule has 1 heterocycles. The van der Waals surface area contributed by atoms with Crippen LogP contribution < -0.4 is 0 Å². The highest BCUT2D eigenvalue weighted by molar-refractivity contribution is 5.89. The average molecular weight is 293 g/mol. The van der Waals surface area contributed by atoms with Crippen molar-refractivity contribution in [3.8, 4) is 0 Å². The molecule has 20 heavy (non-hydrogen) atoms. The van der Waals surface area contributed by atoms with Gasteiger partial charge in [-0.25, -0.2) is 4.79 Å². The summed E-state index contributed by atoms with van der Waals surface area (Å²) in [6.45, 7) is 5.07. The molecule has 0 fully saturated rings. The van der Waals surface area contributed by atoms with Gasteiger partial charge in [-0.1, -0.05) is 13.8 Å². The fraction of sp³-hybridized carbons (Fsp3) is 0.615. The molecule has 0 aromatic carbocycles. The second kappa shape index (κ2) is 6.78. The highest BCUT2D eigenvalue weighted by Gasteiger charge is 2.36. The molecule has 114 valence electrons. The number of aromatic carboxylic acids is 1. The van der Waals surface area contributed by atoms with Crippen LogP contribution >= 0.6 is 0 Å². The van der Waals surface area contributed by atoms with Crippen molar-refractivity contribution in [2.24, 2.45) is 5.92 Å². The van der Waals surface area contributed by atoms with E-state index in [0.29, 0.717) is 12.5 Å². The van der Waals surface area contributed by atoms with E-state index in [4.69, 9.17) is 9.84 Å². The van der Waals surface area contributed by atoms with Crippen molar-refractivity contribution in [2.45, 2.75) is 33.0 Å². The minimum absolute atomic E-state index is 0.189. The lowest BCUT2D eigenvalue weighted by molar-refractivity contribution is -0.138. The van der Waals surface area contributed by atoms with E-state index in [9.17, 15) is 18.0 Å². The molecular formula is C13H18F3NO3. The Morgan fingerprint density at radius 3 is 2.45 bits per heavy atom. The van der Waals surface area contributed by atoms with Gasteiger partial charge < -0.3 is 14.4 Å². The molecule has 0 saturated carbocycles. The van der Waals surface area contributed by atoms with Gasteiger partial charge in [-0.15, -0.1) is 0 Å². The topological polar surface area (TPSA) is 51.5 Å². The molecular weight excluding hydrogens is 275 g/mol. The zero-order chi connectivity index (χ0) is 15.3. The lowest BCUT2D eigenvalue weighted by Gasteiger charge is -2.07. The summed E-state index contributed by atoms with van der Waals surface area (Å²) in [5.41, 5.74) is -1.87. The van der Waals surface area contributed by atoms with Crippen molar-refractivity contribution in [3.63, 3.8) is 0 Å². The van der Waals surface area contributed by atoms with Crippen LogP contribution in [0.3, 0.4) is 0 Å². The van der Waals surface area contributed by atoms with Crippen molar-refractivity contribution in [1.82, 2.24) is 4.57 Å². The summed E-state index contributed by atoms with van der Waals surface area (Å²) < 4.78 is 44.4. The highest BCUT2D eigenvalue weighted by atomic mass is 19.4. The SMILES string of the molecule is CC(C)CCOCCn1cc(C(=O)O)c(C(F)(F)F)c1. The minimum atomic E-state index is -4.67. The number of ether oxygens (including phenoxy) is 1. The largest absolute Gasteiger partial charge is 0.478 e. The van der Waals surface area contributed by atoms with Crippen LogP contribution in [0.5, 0.6) is 0 Å². The maximum Gasteiger partial charge on any atom is 0.418 e. The van der Waals surface area contributed by atoms with E-state index in [2.05, 4.69) is 0 Å². The quantitative estimate of drug-likeness (QED) is 0.785. The first-order valence-electron chi connectivity index (χ1n) is 6.29. The lowest BCUT2D eigenvalue weighted by Crippen LogP contribution is -2.09. The third kappa shape index (κ3) is 4.88. The van der Waals surface area contributed by atoms with Crippen LogP contribution in [0, 0.1) is 5.92 Å². The van der Waals surface area contributed by atoms with Gasteiger partial charge in [-0.2, -0.15) is 13.2 Å². The number of hydrogen-bond acceptors (Lipinski definition) is 2. The summed E-state index contributed by atoms with van der Waals surface area (Å²) in [7, 11) is 0. The van der Waals surface area contributed by atoms with Crippen molar-refractivity contribution >= 4 is 5.97 Å². The summed E-state index contributed by atoms with van der Waals surface area (Å²) >= 11 is 0. The smallest absolute Gasteiger partial charge is 0.418 e. The molecule has 0 saturated heterocycles. The van der Waals surface area contributed by atoms with Crippen LogP contribution in [0.25, 0.3) is 0 Å². The Bertz CT molecular complexity index is 452. The van der Waals surface area contributed by atoms with E-state index in [1.54, 1.807) is 0 Å². The predicted molar refractivity (Wildman–Crippen MR) is 66.7 cm³/mol. The Balaban J connectivity index is 2.62. The Morgan fingerprint density at radius 2 is 2.00 bits per heavy atom. The van der Waals surface area contributed by atoms with Crippen molar-refractivity contribution < 1.29 is 27.8 Å². The zero-order valence-corrected chi connectivity index (χ0v) is 11.4. The number of nitrogens with zero attached hydrogens (tertiary/aromatic N) is 1. The maximum absolute atomic E-state index is 12.6. The normalized spacial score (nSPS) is 12.1. The number of halogens is 3. The second-order valence-corrected chi connectivity index (χ2v) is 4.92. The molecule has 0 aliphatic carbocycles. The Labute approximate surface area is 115 Å². The van der Waals surface area contributed by atoms with Gasteiger partial charge in [0.25, 0.3) is 0 Å². The summed E-state index contributed by atoms with van der Waals surface area (Å²) in [6.07, 6.45) is -2.01. The Kier molecular flexibility index (Phi) is 5.62. The third-order valence-electron chi connectivity index (χ3n) is 2.75.